The summed E-state index contributed by atoms with van der Waals surface area (Å²) in [4.78, 5) is 27.2. The van der Waals surface area contributed by atoms with E-state index in [4.69, 9.17) is 5.11 Å². The molecule has 6 heteroatoms. The molecule has 0 fully saturated rings. The first-order chi connectivity index (χ1) is 8.42. The molecule has 1 rings (SSSR count). The quantitative estimate of drug-likeness (QED) is 0.821. The fraction of sp³-hybridized carbons (Fsp3) is 0.583. The molecule has 0 aliphatic rings. The molecule has 1 aromatic rings. The summed E-state index contributed by atoms with van der Waals surface area (Å²) in [5.74, 6) is -0.947. The smallest absolute Gasteiger partial charge is 0.308 e. The van der Waals surface area contributed by atoms with E-state index in [2.05, 4.69) is 10.3 Å². The van der Waals surface area contributed by atoms with Gasteiger partial charge < -0.3 is 10.4 Å². The number of aliphatic carboxylic acids is 1. The number of nitrogens with zero attached hydrogens (tertiary/aromatic N) is 1. The van der Waals surface area contributed by atoms with Gasteiger partial charge in [0.25, 0.3) is 0 Å². The summed E-state index contributed by atoms with van der Waals surface area (Å²) < 4.78 is 0. The van der Waals surface area contributed by atoms with E-state index in [1.165, 1.54) is 11.3 Å². The number of amides is 1. The maximum atomic E-state index is 11.7. The molecule has 18 heavy (non-hydrogen) atoms. The summed E-state index contributed by atoms with van der Waals surface area (Å²) in [6, 6.07) is 0.150. The highest BCUT2D eigenvalue weighted by atomic mass is 32.1. The molecule has 100 valence electrons. The molecule has 0 bridgehead atoms. The molecular weight excluding hydrogens is 252 g/mol. The topological polar surface area (TPSA) is 79.3 Å². The highest BCUT2D eigenvalue weighted by Gasteiger charge is 2.14. The van der Waals surface area contributed by atoms with Gasteiger partial charge >= 0.3 is 5.97 Å². The molecule has 0 radical (unpaired) electrons. The number of hydrogen-bond acceptors (Lipinski definition) is 4. The van der Waals surface area contributed by atoms with Crippen molar-refractivity contribution in [2.75, 3.05) is 0 Å². The number of thiazole rings is 1. The third-order valence-electron chi connectivity index (χ3n) is 2.58. The third-order valence-corrected chi connectivity index (χ3v) is 3.74. The maximum absolute atomic E-state index is 11.7. The van der Waals surface area contributed by atoms with Gasteiger partial charge in [0.05, 0.1) is 18.5 Å². The molecular formula is C12H18N2O3S. The summed E-state index contributed by atoms with van der Waals surface area (Å²) in [5.41, 5.74) is 0.703. The van der Waals surface area contributed by atoms with E-state index in [1.807, 2.05) is 13.8 Å². The molecule has 0 aromatic carbocycles. The number of hydrogen-bond donors (Lipinski definition) is 2. The molecule has 0 saturated heterocycles. The molecule has 2 N–H and O–H groups in total. The van der Waals surface area contributed by atoms with Crippen molar-refractivity contribution in [3.8, 4) is 0 Å². The Morgan fingerprint density at radius 3 is 2.67 bits per heavy atom. The number of carbonyl (C=O) groups excluding carboxylic acids is 1. The van der Waals surface area contributed by atoms with Crippen LogP contribution in [0.2, 0.25) is 0 Å². The van der Waals surface area contributed by atoms with Crippen molar-refractivity contribution in [2.45, 2.75) is 46.1 Å². The molecule has 0 spiro atoms. The van der Waals surface area contributed by atoms with Crippen LogP contribution in [0, 0.1) is 6.92 Å². The van der Waals surface area contributed by atoms with Crippen molar-refractivity contribution < 1.29 is 14.7 Å². The summed E-state index contributed by atoms with van der Waals surface area (Å²) in [7, 11) is 0. The Hall–Kier alpha value is -1.43. The fourth-order valence-electron chi connectivity index (χ4n) is 1.43. The van der Waals surface area contributed by atoms with Crippen LogP contribution >= 0.6 is 11.3 Å². The number of nitrogens with one attached hydrogen (secondary N) is 1. The minimum absolute atomic E-state index is 0.0313. The van der Waals surface area contributed by atoms with Crippen molar-refractivity contribution in [2.24, 2.45) is 0 Å². The normalized spacial score (nSPS) is 12.2. The largest absolute Gasteiger partial charge is 0.481 e. The second-order valence-electron chi connectivity index (χ2n) is 4.24. The number of carboxylic acid groups (broad SMARTS) is 1. The average Bonchev–Trinajstić information content (AvgIpc) is 2.57. The monoisotopic (exact) mass is 270 g/mol. The lowest BCUT2D eigenvalue weighted by molar-refractivity contribution is -0.136. The Balaban J connectivity index is 2.62. The second kappa shape index (κ2) is 6.49. The first-order valence-electron chi connectivity index (χ1n) is 5.88. The van der Waals surface area contributed by atoms with Gasteiger partial charge in [0, 0.05) is 10.9 Å². The summed E-state index contributed by atoms with van der Waals surface area (Å²) in [5, 5.41) is 12.3. The molecule has 1 heterocycles. The molecule has 0 aliphatic carbocycles. The van der Waals surface area contributed by atoms with Crippen molar-refractivity contribution in [3.05, 3.63) is 15.6 Å². The molecule has 5 nitrogen and oxygen atoms in total. The molecule has 1 unspecified atom stereocenters. The number of aromatic nitrogens is 1. The zero-order chi connectivity index (χ0) is 13.7. The fourth-order valence-corrected chi connectivity index (χ4v) is 2.49. The van der Waals surface area contributed by atoms with Crippen LogP contribution < -0.4 is 5.32 Å². The zero-order valence-electron chi connectivity index (χ0n) is 10.8. The highest BCUT2D eigenvalue weighted by Crippen LogP contribution is 2.19. The summed E-state index contributed by atoms with van der Waals surface area (Å²) in [6.45, 7) is 5.72. The first-order valence-corrected chi connectivity index (χ1v) is 6.70. The van der Waals surface area contributed by atoms with Gasteiger partial charge in [0.2, 0.25) is 5.91 Å². The van der Waals surface area contributed by atoms with E-state index in [9.17, 15) is 9.59 Å². The number of rotatable bonds is 6. The molecule has 1 amide bonds. The van der Waals surface area contributed by atoms with Gasteiger partial charge in [0.1, 0.15) is 5.01 Å². The van der Waals surface area contributed by atoms with Gasteiger partial charge in [-0.25, -0.2) is 4.98 Å². The van der Waals surface area contributed by atoms with Crippen molar-refractivity contribution in [1.82, 2.24) is 10.3 Å². The van der Waals surface area contributed by atoms with Gasteiger partial charge in [0.15, 0.2) is 0 Å². The summed E-state index contributed by atoms with van der Waals surface area (Å²) in [6.07, 6.45) is 1.07. The predicted molar refractivity (Wildman–Crippen MR) is 69.8 cm³/mol. The Bertz CT molecular complexity index is 443. The highest BCUT2D eigenvalue weighted by molar-refractivity contribution is 7.11. The minimum atomic E-state index is -0.877. The van der Waals surface area contributed by atoms with Gasteiger partial charge in [-0.3, -0.25) is 9.59 Å². The van der Waals surface area contributed by atoms with Gasteiger partial charge in [-0.1, -0.05) is 6.92 Å². The SMILES string of the molecule is CCC(C)NC(=O)Cc1nc(C)c(CC(=O)O)s1. The molecule has 1 atom stereocenters. The Morgan fingerprint density at radius 2 is 2.11 bits per heavy atom. The van der Waals surface area contributed by atoms with Crippen molar-refractivity contribution >= 4 is 23.2 Å². The van der Waals surface area contributed by atoms with E-state index in [1.54, 1.807) is 6.92 Å². The van der Waals surface area contributed by atoms with E-state index in [-0.39, 0.29) is 24.8 Å². The minimum Gasteiger partial charge on any atom is -0.481 e. The lowest BCUT2D eigenvalue weighted by Crippen LogP contribution is -2.33. The average molecular weight is 270 g/mol. The number of carboxylic acids is 1. The molecule has 0 saturated carbocycles. The second-order valence-corrected chi connectivity index (χ2v) is 5.41. The van der Waals surface area contributed by atoms with Crippen LogP contribution in [-0.2, 0) is 22.4 Å². The van der Waals surface area contributed by atoms with Gasteiger partial charge in [-0.05, 0) is 20.3 Å². The zero-order valence-corrected chi connectivity index (χ0v) is 11.6. The van der Waals surface area contributed by atoms with Crippen molar-refractivity contribution in [3.63, 3.8) is 0 Å². The molecule has 0 aliphatic heterocycles. The van der Waals surface area contributed by atoms with Crippen LogP contribution in [-0.4, -0.2) is 28.0 Å². The van der Waals surface area contributed by atoms with Crippen LogP contribution in [0.15, 0.2) is 0 Å². The molecule has 1 aromatic heterocycles. The number of carbonyl (C=O) groups is 2. The Morgan fingerprint density at radius 1 is 1.44 bits per heavy atom. The third kappa shape index (κ3) is 4.44. The van der Waals surface area contributed by atoms with Crippen LogP contribution in [0.5, 0.6) is 0 Å². The van der Waals surface area contributed by atoms with Crippen LogP contribution in [0.25, 0.3) is 0 Å². The lowest BCUT2D eigenvalue weighted by atomic mass is 10.2. The standard InChI is InChI=1S/C12H18N2O3S/c1-4-7(2)13-10(15)6-11-14-8(3)9(18-11)5-12(16)17/h7H,4-6H2,1-3H3,(H,13,15)(H,16,17). The van der Waals surface area contributed by atoms with Crippen LogP contribution in [0.3, 0.4) is 0 Å². The maximum Gasteiger partial charge on any atom is 0.308 e. The number of aryl methyl sites for hydroxylation is 1. The van der Waals surface area contributed by atoms with E-state index >= 15 is 0 Å². The van der Waals surface area contributed by atoms with E-state index in [0.717, 1.165) is 6.42 Å². The summed E-state index contributed by atoms with van der Waals surface area (Å²) >= 11 is 1.30. The van der Waals surface area contributed by atoms with E-state index < -0.39 is 5.97 Å². The van der Waals surface area contributed by atoms with Crippen LogP contribution in [0.1, 0.15) is 35.8 Å². The Labute approximate surface area is 110 Å². The van der Waals surface area contributed by atoms with E-state index in [0.29, 0.717) is 15.6 Å². The van der Waals surface area contributed by atoms with Gasteiger partial charge in [-0.15, -0.1) is 11.3 Å². The first kappa shape index (κ1) is 14.6. The van der Waals surface area contributed by atoms with Crippen LogP contribution in [0.4, 0.5) is 0 Å². The van der Waals surface area contributed by atoms with Crippen molar-refractivity contribution in [1.29, 1.82) is 0 Å². The lowest BCUT2D eigenvalue weighted by Gasteiger charge is -2.09. The van der Waals surface area contributed by atoms with Gasteiger partial charge in [-0.2, -0.15) is 0 Å². The predicted octanol–water partition coefficient (Wildman–Crippen LogP) is 1.54. The Kier molecular flexibility index (Phi) is 5.27.